The van der Waals surface area contributed by atoms with Gasteiger partial charge in [0.15, 0.2) is 0 Å². The van der Waals surface area contributed by atoms with Crippen molar-refractivity contribution in [3.8, 4) is 0 Å². The normalized spacial score (nSPS) is 18.2. The van der Waals surface area contributed by atoms with Crippen LogP contribution in [0.1, 0.15) is 0 Å². The molecule has 2 heterocycles. The molecule has 0 atom stereocenters. The average Bonchev–Trinajstić information content (AvgIpc) is 2.34. The summed E-state index contributed by atoms with van der Waals surface area (Å²) in [6, 6.07) is 4.00. The molecular formula is C12H19BrN4. The van der Waals surface area contributed by atoms with Gasteiger partial charge in [0.1, 0.15) is 5.82 Å². The quantitative estimate of drug-likeness (QED) is 0.913. The lowest BCUT2D eigenvalue weighted by atomic mass is 10.3. The molecule has 0 aliphatic carbocycles. The first kappa shape index (κ1) is 12.8. The summed E-state index contributed by atoms with van der Waals surface area (Å²) in [5.41, 5.74) is 0. The first-order valence-electron chi connectivity index (χ1n) is 6.00. The van der Waals surface area contributed by atoms with Crippen LogP contribution in [-0.4, -0.2) is 61.1 Å². The van der Waals surface area contributed by atoms with Gasteiger partial charge in [-0.25, -0.2) is 4.98 Å². The number of likely N-dealkylation sites (N-methyl/N-ethyl adjacent to an activating group) is 1. The molecule has 1 aromatic rings. The van der Waals surface area contributed by atoms with Crippen LogP contribution in [-0.2, 0) is 0 Å². The number of aromatic nitrogens is 1. The first-order valence-corrected chi connectivity index (χ1v) is 6.80. The highest BCUT2D eigenvalue weighted by atomic mass is 79.9. The Balaban J connectivity index is 1.67. The molecule has 2 rings (SSSR count). The number of pyridine rings is 1. The zero-order valence-electron chi connectivity index (χ0n) is 10.2. The molecule has 1 aromatic heterocycles. The standard InChI is InChI=1S/C12H19BrN4/c1-16-6-8-17(9-7-16)5-4-14-12-3-2-11(13)10-15-12/h2-3,10H,4-9H2,1H3,(H,14,15). The number of nitrogens with zero attached hydrogens (tertiary/aromatic N) is 3. The molecule has 0 bridgehead atoms. The Morgan fingerprint density at radius 1 is 1.29 bits per heavy atom. The Morgan fingerprint density at radius 3 is 2.71 bits per heavy atom. The third kappa shape index (κ3) is 4.26. The van der Waals surface area contributed by atoms with Crippen LogP contribution in [0.3, 0.4) is 0 Å². The molecule has 94 valence electrons. The van der Waals surface area contributed by atoms with E-state index in [1.165, 1.54) is 26.2 Å². The van der Waals surface area contributed by atoms with Crippen LogP contribution in [0.2, 0.25) is 0 Å². The van der Waals surface area contributed by atoms with Crippen LogP contribution < -0.4 is 5.32 Å². The molecule has 0 unspecified atom stereocenters. The van der Waals surface area contributed by atoms with Gasteiger partial charge < -0.3 is 10.2 Å². The van der Waals surface area contributed by atoms with Crippen LogP contribution in [0.4, 0.5) is 5.82 Å². The van der Waals surface area contributed by atoms with Crippen molar-refractivity contribution >= 4 is 21.7 Å². The fraction of sp³-hybridized carbons (Fsp3) is 0.583. The van der Waals surface area contributed by atoms with E-state index in [-0.39, 0.29) is 0 Å². The molecule has 1 N–H and O–H groups in total. The van der Waals surface area contributed by atoms with Crippen molar-refractivity contribution in [1.82, 2.24) is 14.8 Å². The van der Waals surface area contributed by atoms with E-state index >= 15 is 0 Å². The van der Waals surface area contributed by atoms with Crippen LogP contribution >= 0.6 is 15.9 Å². The number of hydrogen-bond donors (Lipinski definition) is 1. The van der Waals surface area contributed by atoms with Gasteiger partial charge in [-0.3, -0.25) is 4.90 Å². The molecule has 1 fully saturated rings. The van der Waals surface area contributed by atoms with E-state index in [2.05, 4.69) is 43.1 Å². The summed E-state index contributed by atoms with van der Waals surface area (Å²) in [6.45, 7) is 6.74. The highest BCUT2D eigenvalue weighted by molar-refractivity contribution is 9.10. The van der Waals surface area contributed by atoms with Crippen LogP contribution in [0.5, 0.6) is 0 Å². The van der Waals surface area contributed by atoms with Gasteiger partial charge in [-0.05, 0) is 35.1 Å². The Hall–Kier alpha value is -0.650. The van der Waals surface area contributed by atoms with E-state index in [4.69, 9.17) is 0 Å². The third-order valence-corrected chi connectivity index (χ3v) is 3.53. The van der Waals surface area contributed by atoms with Crippen molar-refractivity contribution in [3.05, 3.63) is 22.8 Å². The van der Waals surface area contributed by atoms with Gasteiger partial charge in [-0.2, -0.15) is 0 Å². The maximum Gasteiger partial charge on any atom is 0.126 e. The molecule has 0 saturated carbocycles. The van der Waals surface area contributed by atoms with Crippen molar-refractivity contribution in [2.45, 2.75) is 0 Å². The van der Waals surface area contributed by atoms with Gasteiger partial charge in [0.05, 0.1) is 0 Å². The van der Waals surface area contributed by atoms with Crippen molar-refractivity contribution in [3.63, 3.8) is 0 Å². The van der Waals surface area contributed by atoms with E-state index in [1.54, 1.807) is 0 Å². The zero-order valence-corrected chi connectivity index (χ0v) is 11.8. The van der Waals surface area contributed by atoms with Crippen molar-refractivity contribution in [2.75, 3.05) is 51.6 Å². The van der Waals surface area contributed by atoms with Crippen molar-refractivity contribution in [1.29, 1.82) is 0 Å². The Kier molecular flexibility index (Phi) is 4.76. The Morgan fingerprint density at radius 2 is 2.06 bits per heavy atom. The second kappa shape index (κ2) is 6.33. The van der Waals surface area contributed by atoms with E-state index in [9.17, 15) is 0 Å². The molecule has 1 aliphatic rings. The number of anilines is 1. The molecule has 1 aliphatic heterocycles. The third-order valence-electron chi connectivity index (χ3n) is 3.06. The molecule has 0 radical (unpaired) electrons. The topological polar surface area (TPSA) is 31.4 Å². The molecule has 4 nitrogen and oxygen atoms in total. The highest BCUT2D eigenvalue weighted by Gasteiger charge is 2.12. The lowest BCUT2D eigenvalue weighted by Gasteiger charge is -2.32. The fourth-order valence-electron chi connectivity index (χ4n) is 1.89. The molecule has 0 amide bonds. The number of piperazine rings is 1. The molecule has 1 saturated heterocycles. The van der Waals surface area contributed by atoms with Gasteiger partial charge >= 0.3 is 0 Å². The molecule has 0 aromatic carbocycles. The molecule has 5 heteroatoms. The summed E-state index contributed by atoms with van der Waals surface area (Å²) < 4.78 is 1.02. The summed E-state index contributed by atoms with van der Waals surface area (Å²) in [6.07, 6.45) is 1.82. The van der Waals surface area contributed by atoms with Crippen molar-refractivity contribution < 1.29 is 0 Å². The molecular weight excluding hydrogens is 280 g/mol. The summed E-state index contributed by atoms with van der Waals surface area (Å²) >= 11 is 3.38. The van der Waals surface area contributed by atoms with Crippen LogP contribution in [0.25, 0.3) is 0 Å². The Bertz CT molecular complexity index is 333. The number of halogens is 1. The van der Waals surface area contributed by atoms with Gasteiger partial charge in [-0.15, -0.1) is 0 Å². The number of rotatable bonds is 4. The van der Waals surface area contributed by atoms with Gasteiger partial charge in [-0.1, -0.05) is 0 Å². The largest absolute Gasteiger partial charge is 0.369 e. The van der Waals surface area contributed by atoms with Gasteiger partial charge in [0, 0.05) is 49.9 Å². The fourth-order valence-corrected chi connectivity index (χ4v) is 2.13. The minimum atomic E-state index is 0.947. The van der Waals surface area contributed by atoms with Gasteiger partial charge in [0.2, 0.25) is 0 Å². The minimum Gasteiger partial charge on any atom is -0.369 e. The summed E-state index contributed by atoms with van der Waals surface area (Å²) in [5.74, 6) is 0.947. The first-order chi connectivity index (χ1) is 8.24. The van der Waals surface area contributed by atoms with Gasteiger partial charge in [0.25, 0.3) is 0 Å². The lowest BCUT2D eigenvalue weighted by Crippen LogP contribution is -2.45. The maximum atomic E-state index is 4.29. The average molecular weight is 299 g/mol. The number of nitrogens with one attached hydrogen (secondary N) is 1. The van der Waals surface area contributed by atoms with Crippen LogP contribution in [0, 0.1) is 0 Å². The second-order valence-corrected chi connectivity index (χ2v) is 5.35. The molecule has 0 spiro atoms. The SMILES string of the molecule is CN1CCN(CCNc2ccc(Br)cn2)CC1. The highest BCUT2D eigenvalue weighted by Crippen LogP contribution is 2.10. The van der Waals surface area contributed by atoms with E-state index in [0.29, 0.717) is 0 Å². The zero-order chi connectivity index (χ0) is 12.1. The second-order valence-electron chi connectivity index (χ2n) is 4.43. The van der Waals surface area contributed by atoms with E-state index in [0.717, 1.165) is 23.4 Å². The predicted octanol–water partition coefficient (Wildman–Crippen LogP) is 1.50. The summed E-state index contributed by atoms with van der Waals surface area (Å²) in [5, 5.41) is 3.34. The minimum absolute atomic E-state index is 0.947. The molecule has 17 heavy (non-hydrogen) atoms. The predicted molar refractivity (Wildman–Crippen MR) is 74.4 cm³/mol. The van der Waals surface area contributed by atoms with E-state index in [1.807, 2.05) is 18.3 Å². The van der Waals surface area contributed by atoms with Crippen LogP contribution in [0.15, 0.2) is 22.8 Å². The van der Waals surface area contributed by atoms with Crippen molar-refractivity contribution in [2.24, 2.45) is 0 Å². The summed E-state index contributed by atoms with van der Waals surface area (Å²) in [4.78, 5) is 9.16. The maximum absolute atomic E-state index is 4.29. The van der Waals surface area contributed by atoms with E-state index < -0.39 is 0 Å². The summed E-state index contributed by atoms with van der Waals surface area (Å²) in [7, 11) is 2.18. The number of hydrogen-bond acceptors (Lipinski definition) is 4. The monoisotopic (exact) mass is 298 g/mol. The Labute approximate surface area is 111 Å². The smallest absolute Gasteiger partial charge is 0.126 e. The lowest BCUT2D eigenvalue weighted by molar-refractivity contribution is 0.158.